The second-order valence-electron chi connectivity index (χ2n) is 20.4. The zero-order valence-corrected chi connectivity index (χ0v) is 42.6. The number of thiophene rings is 1. The number of aliphatic hydroxyl groups is 1. The average Bonchev–Trinajstić information content (AvgIpc) is 3.94. The van der Waals surface area contributed by atoms with E-state index in [1.807, 2.05) is 42.2 Å². The van der Waals surface area contributed by atoms with Gasteiger partial charge in [0.2, 0.25) is 17.7 Å². The maximum Gasteiger partial charge on any atom is 0.328 e. The van der Waals surface area contributed by atoms with Crippen molar-refractivity contribution in [2.75, 3.05) is 63.9 Å². The first-order valence-corrected chi connectivity index (χ1v) is 26.8. The van der Waals surface area contributed by atoms with E-state index < -0.39 is 58.4 Å². The lowest BCUT2D eigenvalue weighted by atomic mass is 9.77. The number of nitrogens with two attached hydrogens (primary N) is 1. The number of anilines is 1. The number of aliphatic hydroxyl groups excluding tert-OH is 1. The highest BCUT2D eigenvalue weighted by molar-refractivity contribution is 7.17. The smallest absolute Gasteiger partial charge is 0.328 e. The molecule has 4 aromatic carbocycles. The number of urea groups is 1. The second kappa shape index (κ2) is 21.4. The summed E-state index contributed by atoms with van der Waals surface area (Å²) in [5, 5.41) is 16.9. The number of amides is 5. The third-order valence-corrected chi connectivity index (χ3v) is 17.5. The zero-order chi connectivity index (χ0) is 52.0. The largest absolute Gasteiger partial charge is 0.488 e. The van der Waals surface area contributed by atoms with Crippen molar-refractivity contribution in [2.45, 2.75) is 88.2 Å². The van der Waals surface area contributed by atoms with Crippen molar-refractivity contribution in [3.05, 3.63) is 111 Å². The van der Waals surface area contributed by atoms with Crippen LogP contribution in [0.15, 0.2) is 60.0 Å². The number of piperidine rings is 2. The van der Waals surface area contributed by atoms with Crippen LogP contribution >= 0.6 is 22.9 Å². The molecule has 4 aliphatic heterocycles. The Bertz CT molecular complexity index is 2980. The summed E-state index contributed by atoms with van der Waals surface area (Å²) in [6.45, 7) is 5.34. The normalized spacial score (nSPS) is 23.0. The van der Waals surface area contributed by atoms with E-state index in [2.05, 4.69) is 15.5 Å². The highest BCUT2D eigenvalue weighted by Crippen LogP contribution is 2.57. The lowest BCUT2D eigenvalue weighted by Gasteiger charge is -2.40. The van der Waals surface area contributed by atoms with E-state index in [1.165, 1.54) is 29.2 Å². The number of primary amides is 1. The number of carbonyl (C=O) groups excluding carboxylic acids is 4. The number of nitrogens with one attached hydrogen (secondary N) is 2. The van der Waals surface area contributed by atoms with Gasteiger partial charge in [-0.05, 0) is 100 Å². The zero-order valence-electron chi connectivity index (χ0n) is 41.0. The van der Waals surface area contributed by atoms with Gasteiger partial charge < -0.3 is 35.4 Å². The van der Waals surface area contributed by atoms with Gasteiger partial charge >= 0.3 is 6.03 Å². The molecule has 0 bridgehead atoms. The Kier molecular flexibility index (Phi) is 15.0. The molecule has 2 atom stereocenters. The van der Waals surface area contributed by atoms with Crippen molar-refractivity contribution < 1.29 is 51.3 Å². The molecule has 74 heavy (non-hydrogen) atoms. The molecule has 19 heteroatoms. The van der Waals surface area contributed by atoms with Crippen LogP contribution in [-0.4, -0.2) is 104 Å². The Morgan fingerprint density at radius 2 is 1.64 bits per heavy atom. The van der Waals surface area contributed by atoms with Crippen LogP contribution in [0.5, 0.6) is 11.5 Å². The fourth-order valence-electron chi connectivity index (χ4n) is 12.2. The van der Waals surface area contributed by atoms with Gasteiger partial charge in [-0.1, -0.05) is 48.9 Å². The summed E-state index contributed by atoms with van der Waals surface area (Å²) >= 11 is 7.85. The van der Waals surface area contributed by atoms with Gasteiger partial charge in [0, 0.05) is 96.1 Å². The van der Waals surface area contributed by atoms with Crippen molar-refractivity contribution in [3.63, 3.8) is 0 Å². The van der Waals surface area contributed by atoms with Crippen LogP contribution < -0.4 is 30.7 Å². The van der Waals surface area contributed by atoms with E-state index >= 15 is 17.6 Å². The van der Waals surface area contributed by atoms with E-state index in [1.54, 1.807) is 5.38 Å². The average molecular weight is 1060 g/mol. The molecule has 13 nitrogen and oxygen atoms in total. The molecule has 5 heterocycles. The number of hydrogen-bond donors (Lipinski definition) is 4. The number of likely N-dealkylation sites (tertiary alicyclic amines) is 2. The molecule has 3 saturated heterocycles. The first-order chi connectivity index (χ1) is 35.7. The summed E-state index contributed by atoms with van der Waals surface area (Å²) in [7, 11) is 0. The molecule has 10 rings (SSSR count). The minimum absolute atomic E-state index is 0.0377. The van der Waals surface area contributed by atoms with Crippen LogP contribution in [0.3, 0.4) is 0 Å². The van der Waals surface area contributed by atoms with Gasteiger partial charge in [-0.15, -0.1) is 11.3 Å². The Hall–Kier alpha value is -5.79. The highest BCUT2D eigenvalue weighted by Gasteiger charge is 2.50. The molecule has 0 radical (unpaired) electrons. The van der Waals surface area contributed by atoms with Crippen molar-refractivity contribution in [3.8, 4) is 22.6 Å². The number of imide groups is 1. The van der Waals surface area contributed by atoms with Gasteiger partial charge in [0.05, 0.1) is 27.6 Å². The molecule has 392 valence electrons. The fourth-order valence-corrected chi connectivity index (χ4v) is 13.4. The van der Waals surface area contributed by atoms with Crippen LogP contribution in [0.1, 0.15) is 104 Å². The van der Waals surface area contributed by atoms with Crippen LogP contribution in [0.4, 0.5) is 28.0 Å². The standard InChI is InChI=1S/C55H59ClF4N6O7S/c1-30-44-42(26-39(58)48(56)47(44)46-36(52(61)69)11-12-41(49(46)59)72-24-23-67)73-55(30,34-5-3-2-4-6-34)29-62-35-9-7-33(8-10-35)53(70)65-20-13-31(14-21-65)27-64-18-15-32(16-19-64)45-38(57)25-37-40(28-74-51(37)50(45)60)66-22-17-43(68)63-54(66)71/h2-6,11-12,25-26,28,30-33,35,62,67H,7-10,13-24,27,29H2,1H3,(H2,61,69)(H,63,68,71)/t30-,33?,35?,55-/m0/s1. The molecule has 0 unspecified atom stereocenters. The predicted molar refractivity (Wildman–Crippen MR) is 274 cm³/mol. The Labute approximate surface area is 435 Å². The summed E-state index contributed by atoms with van der Waals surface area (Å²) in [5.41, 5.74) is 5.69. The number of fused-ring (bicyclic) bond motifs is 2. The number of benzene rings is 4. The van der Waals surface area contributed by atoms with E-state index in [4.69, 9.17) is 26.8 Å². The molecule has 5 N–H and O–H groups in total. The monoisotopic (exact) mass is 1060 g/mol. The molecule has 5 amide bonds. The number of hydrogen-bond acceptors (Lipinski definition) is 10. The summed E-state index contributed by atoms with van der Waals surface area (Å²) in [4.78, 5) is 56.7. The minimum atomic E-state index is -1.13. The molecular formula is C55H59ClF4N6O7S. The van der Waals surface area contributed by atoms with Gasteiger partial charge in [0.1, 0.15) is 29.8 Å². The van der Waals surface area contributed by atoms with Crippen molar-refractivity contribution in [2.24, 2.45) is 17.6 Å². The molecule has 1 aromatic heterocycles. The summed E-state index contributed by atoms with van der Waals surface area (Å²) in [6, 6.07) is 13.9. The van der Waals surface area contributed by atoms with Gasteiger partial charge in [-0.25, -0.2) is 22.4 Å². The number of carbonyl (C=O) groups is 4. The van der Waals surface area contributed by atoms with Crippen LogP contribution in [0, 0.1) is 35.1 Å². The van der Waals surface area contributed by atoms with Gasteiger partial charge in [0.25, 0.3) is 0 Å². The fraction of sp³-hybridized carbons (Fsp3) is 0.455. The highest BCUT2D eigenvalue weighted by atomic mass is 35.5. The summed E-state index contributed by atoms with van der Waals surface area (Å²) in [5.74, 6) is -4.88. The van der Waals surface area contributed by atoms with Gasteiger partial charge in [-0.3, -0.25) is 24.6 Å². The number of halogens is 5. The van der Waals surface area contributed by atoms with Crippen molar-refractivity contribution >= 4 is 62.5 Å². The first-order valence-electron chi connectivity index (χ1n) is 25.5. The summed E-state index contributed by atoms with van der Waals surface area (Å²) in [6.07, 6.45) is 5.99. The van der Waals surface area contributed by atoms with Gasteiger partial charge in [0.15, 0.2) is 17.2 Å². The van der Waals surface area contributed by atoms with Gasteiger partial charge in [-0.2, -0.15) is 0 Å². The van der Waals surface area contributed by atoms with Crippen LogP contribution in [0.25, 0.3) is 21.2 Å². The molecule has 1 saturated carbocycles. The molecule has 0 spiro atoms. The Morgan fingerprint density at radius 3 is 2.32 bits per heavy atom. The van der Waals surface area contributed by atoms with Crippen molar-refractivity contribution in [1.29, 1.82) is 0 Å². The maximum atomic E-state index is 16.5. The van der Waals surface area contributed by atoms with E-state index in [0.29, 0.717) is 79.1 Å². The van der Waals surface area contributed by atoms with Crippen molar-refractivity contribution in [1.82, 2.24) is 20.4 Å². The molecular weight excluding hydrogens is 1000 g/mol. The molecule has 5 aromatic rings. The lowest BCUT2D eigenvalue weighted by molar-refractivity contribution is -0.138. The van der Waals surface area contributed by atoms with E-state index in [9.17, 15) is 24.3 Å². The second-order valence-corrected chi connectivity index (χ2v) is 21.6. The first kappa shape index (κ1) is 51.7. The third-order valence-electron chi connectivity index (χ3n) is 16.2. The quantitative estimate of drug-likeness (QED) is 0.0793. The molecule has 5 aliphatic rings. The topological polar surface area (TPSA) is 167 Å². The number of rotatable bonds is 14. The van der Waals surface area contributed by atoms with Crippen LogP contribution in [-0.2, 0) is 15.2 Å². The third kappa shape index (κ3) is 9.72. The van der Waals surface area contributed by atoms with E-state index in [0.717, 1.165) is 49.1 Å². The molecule has 4 fully saturated rings. The maximum absolute atomic E-state index is 16.5. The minimum Gasteiger partial charge on any atom is -0.488 e. The lowest BCUT2D eigenvalue weighted by Crippen LogP contribution is -2.49. The number of ether oxygens (including phenoxy) is 2. The Morgan fingerprint density at radius 1 is 0.905 bits per heavy atom. The van der Waals surface area contributed by atoms with E-state index in [-0.39, 0.29) is 89.6 Å². The van der Waals surface area contributed by atoms with Crippen LogP contribution in [0.2, 0.25) is 5.02 Å². The SMILES string of the molecule is C[C@H]1c2c(cc(F)c(Cl)c2-c2c(C(N)=O)ccc(OCCO)c2F)O[C@]1(CNC1CCC(C(=O)N2CCC(CN3CCC(c4c(F)cc5c(N6CCC(=O)NC6=O)csc5c4F)CC3)CC2)CC1)c1ccccc1. The summed E-state index contributed by atoms with van der Waals surface area (Å²) < 4.78 is 76.7. The Balaban J connectivity index is 0.736. The predicted octanol–water partition coefficient (Wildman–Crippen LogP) is 9.35. The molecule has 1 aliphatic carbocycles. The number of nitrogens with zero attached hydrogens (tertiary/aromatic N) is 3.